The van der Waals surface area contributed by atoms with E-state index in [0.717, 1.165) is 20.2 Å². The van der Waals surface area contributed by atoms with Crippen molar-refractivity contribution in [2.75, 3.05) is 0 Å². The Hall–Kier alpha value is -6.26. The number of rotatable bonds is 7. The minimum Gasteiger partial charge on any atom is -0.309 e. The zero-order valence-electron chi connectivity index (χ0n) is 30.9. The predicted octanol–water partition coefficient (Wildman–Crippen LogP) is 16.3. The molecule has 0 fully saturated rings. The molecule has 1 nitrogen and oxygen atoms in total. The lowest BCUT2D eigenvalue weighted by atomic mass is 9.74. The fourth-order valence-electron chi connectivity index (χ4n) is 8.53. The fourth-order valence-corrected chi connectivity index (χ4v) is 9.25. The van der Waals surface area contributed by atoms with Crippen LogP contribution in [0, 0.1) is 0 Å². The monoisotopic (exact) mass is 855 g/mol. The Morgan fingerprint density at radius 2 is 0.526 bits per heavy atom. The number of hydrogen-bond acceptors (Lipinski definition) is 0. The van der Waals surface area contributed by atoms with E-state index in [2.05, 4.69) is 249 Å². The lowest BCUT2D eigenvalue weighted by molar-refractivity contribution is 1.18. The zero-order chi connectivity index (χ0) is 38.3. The van der Waals surface area contributed by atoms with E-state index in [-0.39, 0.29) is 0 Å². The highest BCUT2D eigenvalue weighted by molar-refractivity contribution is 9.10. The van der Waals surface area contributed by atoms with Gasteiger partial charge in [-0.25, -0.2) is 0 Å². The summed E-state index contributed by atoms with van der Waals surface area (Å²) in [4.78, 5) is 0. The van der Waals surface area contributed by atoms with Crippen molar-refractivity contribution >= 4 is 53.7 Å². The molecule has 0 aliphatic heterocycles. The quantitative estimate of drug-likeness (QED) is 0.150. The second-order valence-corrected chi connectivity index (χ2v) is 16.1. The minimum atomic E-state index is 1.06. The molecule has 270 valence electrons. The summed E-state index contributed by atoms with van der Waals surface area (Å²) in [5.41, 5.74) is 17.7. The highest BCUT2D eigenvalue weighted by Gasteiger charge is 2.29. The van der Waals surface area contributed by atoms with Gasteiger partial charge in [-0.15, -0.1) is 0 Å². The van der Waals surface area contributed by atoms with Crippen LogP contribution >= 0.6 is 31.9 Å². The van der Waals surface area contributed by atoms with Crippen LogP contribution in [0.5, 0.6) is 0 Å². The fraction of sp³-hybridized carbons (Fsp3) is 0. The molecule has 0 amide bonds. The molecule has 0 atom stereocenters. The number of aromatic nitrogens is 1. The Bertz CT molecular complexity index is 2860. The molecule has 57 heavy (non-hydrogen) atoms. The van der Waals surface area contributed by atoms with Crippen molar-refractivity contribution in [3.05, 3.63) is 221 Å². The van der Waals surface area contributed by atoms with E-state index in [1.807, 2.05) is 0 Å². The number of hydrogen-bond donors (Lipinski definition) is 0. The van der Waals surface area contributed by atoms with Crippen LogP contribution in [0.15, 0.2) is 221 Å². The van der Waals surface area contributed by atoms with E-state index in [1.54, 1.807) is 0 Å². The molecule has 0 unspecified atom stereocenters. The summed E-state index contributed by atoms with van der Waals surface area (Å²) in [6.07, 6.45) is 0. The van der Waals surface area contributed by atoms with Crippen LogP contribution in [0.1, 0.15) is 0 Å². The summed E-state index contributed by atoms with van der Waals surface area (Å²) in [5.74, 6) is 0. The van der Waals surface area contributed by atoms with Gasteiger partial charge in [-0.3, -0.25) is 0 Å². The van der Waals surface area contributed by atoms with Crippen molar-refractivity contribution in [2.45, 2.75) is 0 Å². The van der Waals surface area contributed by atoms with Gasteiger partial charge in [0.1, 0.15) is 0 Å². The Labute approximate surface area is 349 Å². The minimum absolute atomic E-state index is 1.06. The second kappa shape index (κ2) is 15.0. The van der Waals surface area contributed by atoms with Crippen LogP contribution in [0.25, 0.3) is 94.3 Å². The van der Waals surface area contributed by atoms with E-state index < -0.39 is 0 Å². The first-order valence-electron chi connectivity index (χ1n) is 19.1. The SMILES string of the molecule is Brc1ccc2c(c1)c1cc(Br)ccc1n2-c1ccc(-c2c(-c3ccccc3)c(-c3ccccc3)c(-c3ccccc3)c(-c3ccccc3)c2-c2ccccc2)cc1. The van der Waals surface area contributed by atoms with Crippen LogP contribution in [0.2, 0.25) is 0 Å². The molecular formula is C54H35Br2N. The maximum atomic E-state index is 3.73. The highest BCUT2D eigenvalue weighted by atomic mass is 79.9. The van der Waals surface area contributed by atoms with Gasteiger partial charge in [0.15, 0.2) is 0 Å². The lowest BCUT2D eigenvalue weighted by Gasteiger charge is -2.29. The summed E-state index contributed by atoms with van der Waals surface area (Å²) >= 11 is 7.47. The van der Waals surface area contributed by atoms with Crippen molar-refractivity contribution in [3.8, 4) is 72.4 Å². The molecule has 3 heteroatoms. The van der Waals surface area contributed by atoms with Gasteiger partial charge in [0, 0.05) is 25.4 Å². The first-order chi connectivity index (χ1) is 28.1. The van der Waals surface area contributed by atoms with E-state index >= 15 is 0 Å². The topological polar surface area (TPSA) is 4.93 Å². The summed E-state index contributed by atoms with van der Waals surface area (Å²) < 4.78 is 4.51. The first-order valence-corrected chi connectivity index (χ1v) is 20.7. The van der Waals surface area contributed by atoms with Gasteiger partial charge in [0.25, 0.3) is 0 Å². The van der Waals surface area contributed by atoms with Gasteiger partial charge >= 0.3 is 0 Å². The third kappa shape index (κ3) is 6.34. The molecule has 0 bridgehead atoms. The maximum Gasteiger partial charge on any atom is 0.0541 e. The van der Waals surface area contributed by atoms with E-state index in [9.17, 15) is 0 Å². The van der Waals surface area contributed by atoms with Gasteiger partial charge in [-0.05, 0) is 115 Å². The number of fused-ring (bicyclic) bond motifs is 3. The molecule has 1 heterocycles. The average molecular weight is 858 g/mol. The Balaban J connectivity index is 1.36. The van der Waals surface area contributed by atoms with E-state index in [4.69, 9.17) is 0 Å². The van der Waals surface area contributed by atoms with Crippen LogP contribution in [0.3, 0.4) is 0 Å². The van der Waals surface area contributed by atoms with Crippen LogP contribution in [-0.4, -0.2) is 4.57 Å². The molecule has 10 rings (SSSR count). The average Bonchev–Trinajstić information content (AvgIpc) is 3.59. The molecule has 0 spiro atoms. The number of nitrogens with zero attached hydrogens (tertiary/aromatic N) is 1. The van der Waals surface area contributed by atoms with Crippen molar-refractivity contribution in [2.24, 2.45) is 0 Å². The Morgan fingerprint density at radius 3 is 0.807 bits per heavy atom. The third-order valence-corrected chi connectivity index (χ3v) is 11.9. The Morgan fingerprint density at radius 1 is 0.263 bits per heavy atom. The van der Waals surface area contributed by atoms with E-state index in [1.165, 1.54) is 83.0 Å². The normalized spacial score (nSPS) is 11.3. The zero-order valence-corrected chi connectivity index (χ0v) is 34.1. The van der Waals surface area contributed by atoms with Gasteiger partial charge in [0.2, 0.25) is 0 Å². The van der Waals surface area contributed by atoms with Gasteiger partial charge in [0.05, 0.1) is 11.0 Å². The first kappa shape index (κ1) is 35.2. The summed E-state index contributed by atoms with van der Waals surface area (Å²) in [6, 6.07) is 77.1. The van der Waals surface area contributed by atoms with Crippen LogP contribution < -0.4 is 0 Å². The maximum absolute atomic E-state index is 3.73. The van der Waals surface area contributed by atoms with Crippen molar-refractivity contribution in [3.63, 3.8) is 0 Å². The molecule has 1 aromatic heterocycles. The van der Waals surface area contributed by atoms with Gasteiger partial charge < -0.3 is 4.57 Å². The standard InChI is InChI=1S/C54H35Br2N/c55-42-28-32-47-45(34-42)46-35-43(56)29-33-48(46)57(47)44-30-26-41(27-31-44)54-52(39-22-12-4-13-23-39)50(37-18-8-2-9-19-37)49(36-16-6-1-7-17-36)51(38-20-10-3-11-21-38)53(54)40-24-14-5-15-25-40/h1-35H. The van der Waals surface area contributed by atoms with E-state index in [0.29, 0.717) is 0 Å². The number of halogens is 2. The summed E-state index contributed by atoms with van der Waals surface area (Å²) in [6.45, 7) is 0. The molecule has 9 aromatic carbocycles. The second-order valence-electron chi connectivity index (χ2n) is 14.3. The van der Waals surface area contributed by atoms with Gasteiger partial charge in [-0.2, -0.15) is 0 Å². The molecular weight excluding hydrogens is 822 g/mol. The molecule has 0 N–H and O–H groups in total. The summed E-state index contributed by atoms with van der Waals surface area (Å²) in [5, 5.41) is 2.41. The van der Waals surface area contributed by atoms with Crippen molar-refractivity contribution < 1.29 is 0 Å². The van der Waals surface area contributed by atoms with Crippen LogP contribution in [-0.2, 0) is 0 Å². The Kier molecular flexibility index (Phi) is 9.26. The third-order valence-electron chi connectivity index (χ3n) is 10.9. The lowest BCUT2D eigenvalue weighted by Crippen LogP contribution is -2.02. The highest BCUT2D eigenvalue weighted by Crippen LogP contribution is 2.56. The molecule has 0 saturated carbocycles. The van der Waals surface area contributed by atoms with Crippen LogP contribution in [0.4, 0.5) is 0 Å². The molecule has 10 aromatic rings. The van der Waals surface area contributed by atoms with Crippen molar-refractivity contribution in [1.82, 2.24) is 4.57 Å². The van der Waals surface area contributed by atoms with Crippen molar-refractivity contribution in [1.29, 1.82) is 0 Å². The predicted molar refractivity (Wildman–Crippen MR) is 249 cm³/mol. The molecule has 0 aliphatic carbocycles. The molecule has 0 aliphatic rings. The molecule has 0 radical (unpaired) electrons. The molecule has 0 saturated heterocycles. The smallest absolute Gasteiger partial charge is 0.0541 e. The largest absolute Gasteiger partial charge is 0.309 e. The number of benzene rings is 9. The summed E-state index contributed by atoms with van der Waals surface area (Å²) in [7, 11) is 0. The van der Waals surface area contributed by atoms with Gasteiger partial charge in [-0.1, -0.05) is 196 Å².